The van der Waals surface area contributed by atoms with Gasteiger partial charge in [0.2, 0.25) is 10.0 Å². The molecule has 0 aliphatic rings. The first-order chi connectivity index (χ1) is 11.1. The van der Waals surface area contributed by atoms with Gasteiger partial charge in [0.05, 0.1) is 13.4 Å². The van der Waals surface area contributed by atoms with Crippen LogP contribution in [-0.4, -0.2) is 28.1 Å². The van der Waals surface area contributed by atoms with Gasteiger partial charge >= 0.3 is 6.36 Å². The van der Waals surface area contributed by atoms with E-state index in [1.54, 1.807) is 6.07 Å². The molecule has 0 saturated carbocycles. The summed E-state index contributed by atoms with van der Waals surface area (Å²) >= 11 is 0. The summed E-state index contributed by atoms with van der Waals surface area (Å²) in [6.07, 6.45) is -3.81. The maximum Gasteiger partial charge on any atom is 0.573 e. The van der Waals surface area contributed by atoms with E-state index in [0.717, 1.165) is 6.26 Å². The van der Waals surface area contributed by atoms with Gasteiger partial charge in [-0.2, -0.15) is 0 Å². The third kappa shape index (κ3) is 5.05. The number of halogens is 3. The highest BCUT2D eigenvalue weighted by atomic mass is 32.2. The molecule has 0 amide bonds. The van der Waals surface area contributed by atoms with Gasteiger partial charge in [-0.25, -0.2) is 8.42 Å². The van der Waals surface area contributed by atoms with E-state index >= 15 is 0 Å². The predicted octanol–water partition coefficient (Wildman–Crippen LogP) is 3.63. The minimum Gasteiger partial charge on any atom is -0.496 e. The molecule has 0 atom stereocenters. The fraction of sp³-hybridized carbons (Fsp3) is 0.200. The van der Waals surface area contributed by atoms with Crippen molar-refractivity contribution in [2.24, 2.45) is 0 Å². The first-order valence-electron chi connectivity index (χ1n) is 6.59. The van der Waals surface area contributed by atoms with Gasteiger partial charge in [-0.3, -0.25) is 4.72 Å². The fourth-order valence-electron chi connectivity index (χ4n) is 2.07. The van der Waals surface area contributed by atoms with E-state index in [1.165, 1.54) is 43.5 Å². The van der Waals surface area contributed by atoms with E-state index < -0.39 is 16.4 Å². The summed E-state index contributed by atoms with van der Waals surface area (Å²) in [5.74, 6) is -0.0123. The summed E-state index contributed by atoms with van der Waals surface area (Å²) in [6.45, 7) is 0. The summed E-state index contributed by atoms with van der Waals surface area (Å²) in [5.41, 5.74) is 1.06. The van der Waals surface area contributed by atoms with Crippen molar-refractivity contribution in [1.82, 2.24) is 0 Å². The van der Waals surface area contributed by atoms with Crippen molar-refractivity contribution < 1.29 is 31.1 Å². The van der Waals surface area contributed by atoms with Crippen LogP contribution in [0.2, 0.25) is 0 Å². The minimum atomic E-state index is -4.80. The summed E-state index contributed by atoms with van der Waals surface area (Å²) in [7, 11) is -2.09. The first kappa shape index (κ1) is 17.9. The van der Waals surface area contributed by atoms with Gasteiger partial charge in [-0.15, -0.1) is 13.2 Å². The molecule has 0 bridgehead atoms. The summed E-state index contributed by atoms with van der Waals surface area (Å²) < 4.78 is 71.1. The molecule has 0 saturated heterocycles. The molecule has 130 valence electrons. The third-order valence-electron chi connectivity index (χ3n) is 2.88. The molecule has 0 fully saturated rings. The Balaban J connectivity index is 2.46. The number of sulfonamides is 1. The normalized spacial score (nSPS) is 11.9. The number of methoxy groups -OCH3 is 1. The van der Waals surface area contributed by atoms with Crippen LogP contribution in [0.3, 0.4) is 0 Å². The number of alkyl halides is 3. The molecule has 9 heteroatoms. The molecule has 0 aliphatic carbocycles. The molecule has 0 heterocycles. The van der Waals surface area contributed by atoms with E-state index in [-0.39, 0.29) is 11.4 Å². The van der Waals surface area contributed by atoms with E-state index in [9.17, 15) is 21.6 Å². The number of rotatable bonds is 5. The smallest absolute Gasteiger partial charge is 0.496 e. The number of anilines is 1. The molecular weight excluding hydrogens is 347 g/mol. The average Bonchev–Trinajstić information content (AvgIpc) is 2.44. The molecule has 2 rings (SSSR count). The highest BCUT2D eigenvalue weighted by molar-refractivity contribution is 7.92. The van der Waals surface area contributed by atoms with Gasteiger partial charge in [0.25, 0.3) is 0 Å². The topological polar surface area (TPSA) is 64.6 Å². The Morgan fingerprint density at radius 3 is 2.38 bits per heavy atom. The molecular formula is C15H14F3NO4S. The molecule has 0 unspecified atom stereocenters. The molecule has 0 aromatic heterocycles. The molecule has 5 nitrogen and oxygen atoms in total. The van der Waals surface area contributed by atoms with Crippen LogP contribution >= 0.6 is 0 Å². The maximum atomic E-state index is 12.3. The quantitative estimate of drug-likeness (QED) is 0.883. The average molecular weight is 361 g/mol. The molecule has 0 spiro atoms. The monoisotopic (exact) mass is 361 g/mol. The van der Waals surface area contributed by atoms with Crippen LogP contribution in [0.1, 0.15) is 0 Å². The lowest BCUT2D eigenvalue weighted by Crippen LogP contribution is -2.17. The van der Waals surface area contributed by atoms with Crippen LogP contribution in [0.4, 0.5) is 18.9 Å². The van der Waals surface area contributed by atoms with Crippen molar-refractivity contribution in [3.63, 3.8) is 0 Å². The van der Waals surface area contributed by atoms with Crippen molar-refractivity contribution in [3.8, 4) is 22.6 Å². The molecule has 2 aromatic rings. The zero-order valence-electron chi connectivity index (χ0n) is 12.7. The number of ether oxygens (including phenoxy) is 2. The second kappa shape index (κ2) is 6.60. The van der Waals surface area contributed by atoms with Crippen LogP contribution in [0.15, 0.2) is 42.5 Å². The van der Waals surface area contributed by atoms with Gasteiger partial charge in [0.15, 0.2) is 0 Å². The van der Waals surface area contributed by atoms with Gasteiger partial charge in [0, 0.05) is 11.3 Å². The Labute approximate surface area is 137 Å². The second-order valence-electron chi connectivity index (χ2n) is 4.86. The zero-order valence-corrected chi connectivity index (χ0v) is 13.5. The number of hydrogen-bond acceptors (Lipinski definition) is 4. The van der Waals surface area contributed by atoms with Crippen molar-refractivity contribution in [2.45, 2.75) is 6.36 Å². The van der Waals surface area contributed by atoms with Crippen molar-refractivity contribution in [3.05, 3.63) is 42.5 Å². The largest absolute Gasteiger partial charge is 0.573 e. The fourth-order valence-corrected chi connectivity index (χ4v) is 2.63. The van der Waals surface area contributed by atoms with Crippen LogP contribution in [0.25, 0.3) is 11.1 Å². The SMILES string of the molecule is COc1ccc(NS(C)(=O)=O)cc1-c1cccc(OC(F)(F)F)c1. The Hall–Kier alpha value is -2.42. The van der Waals surface area contributed by atoms with E-state index in [2.05, 4.69) is 9.46 Å². The predicted molar refractivity (Wildman–Crippen MR) is 83.6 cm³/mol. The Kier molecular flexibility index (Phi) is 4.93. The standard InChI is InChI=1S/C15H14F3NO4S/c1-22-14-7-6-11(19-24(2,20)21)9-13(14)10-4-3-5-12(8-10)23-15(16,17)18/h3-9,19H,1-2H3. The molecule has 2 aromatic carbocycles. The second-order valence-corrected chi connectivity index (χ2v) is 6.61. The van der Waals surface area contributed by atoms with Gasteiger partial charge in [-0.1, -0.05) is 12.1 Å². The molecule has 0 aliphatic heterocycles. The molecule has 24 heavy (non-hydrogen) atoms. The van der Waals surface area contributed by atoms with E-state index in [1.807, 2.05) is 0 Å². The van der Waals surface area contributed by atoms with Crippen LogP contribution in [0, 0.1) is 0 Å². The number of hydrogen-bond donors (Lipinski definition) is 1. The number of nitrogens with one attached hydrogen (secondary N) is 1. The van der Waals surface area contributed by atoms with Crippen LogP contribution in [-0.2, 0) is 10.0 Å². The lowest BCUT2D eigenvalue weighted by molar-refractivity contribution is -0.274. The van der Waals surface area contributed by atoms with Crippen LogP contribution in [0.5, 0.6) is 11.5 Å². The van der Waals surface area contributed by atoms with Gasteiger partial charge in [0.1, 0.15) is 11.5 Å². The van der Waals surface area contributed by atoms with Crippen LogP contribution < -0.4 is 14.2 Å². The van der Waals surface area contributed by atoms with Gasteiger partial charge < -0.3 is 9.47 Å². The first-order valence-corrected chi connectivity index (χ1v) is 8.48. The van der Waals surface area contributed by atoms with Crippen molar-refractivity contribution >= 4 is 15.7 Å². The number of benzene rings is 2. The van der Waals surface area contributed by atoms with Crippen molar-refractivity contribution in [2.75, 3.05) is 18.1 Å². The molecule has 0 radical (unpaired) electrons. The Bertz CT molecular complexity index is 835. The minimum absolute atomic E-state index is 0.260. The third-order valence-corrected chi connectivity index (χ3v) is 3.49. The highest BCUT2D eigenvalue weighted by Crippen LogP contribution is 2.35. The highest BCUT2D eigenvalue weighted by Gasteiger charge is 2.31. The molecule has 1 N–H and O–H groups in total. The van der Waals surface area contributed by atoms with E-state index in [4.69, 9.17) is 4.74 Å². The lowest BCUT2D eigenvalue weighted by atomic mass is 10.0. The van der Waals surface area contributed by atoms with Gasteiger partial charge in [-0.05, 0) is 35.9 Å². The Morgan fingerprint density at radius 2 is 1.79 bits per heavy atom. The van der Waals surface area contributed by atoms with Crippen molar-refractivity contribution in [1.29, 1.82) is 0 Å². The maximum absolute atomic E-state index is 12.3. The lowest BCUT2D eigenvalue weighted by Gasteiger charge is -2.14. The van der Waals surface area contributed by atoms with E-state index in [0.29, 0.717) is 16.9 Å². The summed E-state index contributed by atoms with van der Waals surface area (Å²) in [4.78, 5) is 0. The summed E-state index contributed by atoms with van der Waals surface area (Å²) in [5, 5.41) is 0. The Morgan fingerprint density at radius 1 is 1.08 bits per heavy atom. The summed E-state index contributed by atoms with van der Waals surface area (Å²) in [6, 6.07) is 9.78. The zero-order chi connectivity index (χ0) is 18.0.